The van der Waals surface area contributed by atoms with Crippen LogP contribution in [0.15, 0.2) is 71.1 Å². The molecule has 4 aromatic rings. The van der Waals surface area contributed by atoms with E-state index in [0.717, 1.165) is 24.8 Å². The second-order valence-corrected chi connectivity index (χ2v) is 7.05. The molecule has 0 saturated heterocycles. The Morgan fingerprint density at radius 3 is 1.37 bits per heavy atom. The number of methoxy groups -OCH3 is 2. The zero-order valence-corrected chi connectivity index (χ0v) is 19.9. The van der Waals surface area contributed by atoms with Gasteiger partial charge in [0, 0.05) is 24.3 Å². The van der Waals surface area contributed by atoms with Crippen molar-refractivity contribution in [2.45, 2.75) is 0 Å². The van der Waals surface area contributed by atoms with Crippen molar-refractivity contribution in [1.29, 1.82) is 0 Å². The number of carbonyl (C=O) groups excluding carboxylic acids is 2. The summed E-state index contributed by atoms with van der Waals surface area (Å²) < 4.78 is 10.8. The minimum atomic E-state index is -0.774. The molecule has 0 aliphatic heterocycles. The predicted molar refractivity (Wildman–Crippen MR) is 130 cm³/mol. The third-order valence-corrected chi connectivity index (χ3v) is 4.72. The molecular formula is C22H20N8O8. The predicted octanol–water partition coefficient (Wildman–Crippen LogP) is -0.407. The van der Waals surface area contributed by atoms with E-state index >= 15 is 0 Å². The van der Waals surface area contributed by atoms with Gasteiger partial charge in [-0.25, -0.2) is 20.4 Å². The molecule has 16 nitrogen and oxygen atoms in total. The number of hydrogen-bond donors (Lipinski definition) is 2. The molecule has 2 N–H and O–H groups in total. The maximum Gasteiger partial charge on any atom is 0.427 e. The van der Waals surface area contributed by atoms with Gasteiger partial charge >= 0.3 is 23.6 Å². The lowest BCUT2D eigenvalue weighted by molar-refractivity contribution is -0.629. The average Bonchev–Trinajstić information content (AvgIpc) is 2.94. The van der Waals surface area contributed by atoms with Crippen molar-refractivity contribution in [3.63, 3.8) is 0 Å². The van der Waals surface area contributed by atoms with E-state index in [1.807, 2.05) is 10.9 Å². The van der Waals surface area contributed by atoms with Gasteiger partial charge in [-0.3, -0.25) is 0 Å². The Bertz CT molecular complexity index is 1430. The van der Waals surface area contributed by atoms with Crippen LogP contribution in [-0.4, -0.2) is 38.8 Å². The molecular weight excluding hydrogens is 504 g/mol. The summed E-state index contributed by atoms with van der Waals surface area (Å²) in [6, 6.07) is 12.7. The van der Waals surface area contributed by atoms with Gasteiger partial charge in [-0.2, -0.15) is 29.1 Å². The van der Waals surface area contributed by atoms with Crippen molar-refractivity contribution in [2.75, 3.05) is 14.2 Å². The van der Waals surface area contributed by atoms with Crippen LogP contribution in [0.1, 0.15) is 11.4 Å². The monoisotopic (exact) mass is 524 g/mol. The van der Waals surface area contributed by atoms with Gasteiger partial charge < -0.3 is 30.3 Å². The first-order chi connectivity index (χ1) is 18.3. The molecule has 0 atom stereocenters. The van der Waals surface area contributed by atoms with Crippen LogP contribution in [0.2, 0.25) is 0 Å². The number of aromatic nitrogens is 4. The van der Waals surface area contributed by atoms with Crippen LogP contribution in [0.4, 0.5) is 9.59 Å². The highest BCUT2D eigenvalue weighted by molar-refractivity contribution is 5.79. The van der Waals surface area contributed by atoms with Crippen molar-refractivity contribution in [1.82, 2.24) is 10.9 Å². The quantitative estimate of drug-likeness (QED) is 0.155. The topological polar surface area (TPSA) is 209 Å². The number of amides is 2. The standard InChI is InChI=1S/2C11H10N4O4/c2*1-19-11(16)13-12-6-8-7-14(17)9-4-2-3-5-10(9)15(8)18/h2*2-7H,1H3,(H,13,16)/b2*12-6+. The third-order valence-electron chi connectivity index (χ3n) is 4.72. The summed E-state index contributed by atoms with van der Waals surface area (Å²) in [6.07, 6.45) is 2.71. The van der Waals surface area contributed by atoms with Gasteiger partial charge in [-0.05, 0) is 0 Å². The van der Waals surface area contributed by atoms with Gasteiger partial charge in [0.2, 0.25) is 0 Å². The number of para-hydroxylation sites is 4. The Morgan fingerprint density at radius 1 is 0.684 bits per heavy atom. The van der Waals surface area contributed by atoms with Gasteiger partial charge in [0.1, 0.15) is 12.4 Å². The van der Waals surface area contributed by atoms with Crippen LogP contribution < -0.4 is 29.8 Å². The zero-order chi connectivity index (χ0) is 27.7. The van der Waals surface area contributed by atoms with Crippen LogP contribution in [-0.2, 0) is 9.47 Å². The van der Waals surface area contributed by atoms with E-state index in [9.17, 15) is 30.4 Å². The molecule has 0 saturated carbocycles. The van der Waals surface area contributed by atoms with Gasteiger partial charge in [-0.1, -0.05) is 24.3 Å². The largest absolute Gasteiger partial charge is 0.618 e. The van der Waals surface area contributed by atoms with Crippen molar-refractivity contribution < 1.29 is 38.0 Å². The van der Waals surface area contributed by atoms with E-state index in [2.05, 4.69) is 19.7 Å². The molecule has 0 spiro atoms. The Morgan fingerprint density at radius 2 is 1.03 bits per heavy atom. The first kappa shape index (κ1) is 26.8. The van der Waals surface area contributed by atoms with Crippen LogP contribution in [0.25, 0.3) is 22.1 Å². The third kappa shape index (κ3) is 6.25. The maximum absolute atomic E-state index is 12.0. The molecule has 0 bridgehead atoms. The number of benzene rings is 2. The van der Waals surface area contributed by atoms with Crippen LogP contribution >= 0.6 is 0 Å². The van der Waals surface area contributed by atoms with Gasteiger partial charge in [0.25, 0.3) is 34.5 Å². The fourth-order valence-corrected chi connectivity index (χ4v) is 2.97. The summed E-state index contributed by atoms with van der Waals surface area (Å²) in [5.74, 6) is 0. The summed E-state index contributed by atoms with van der Waals surface area (Å²) >= 11 is 0. The smallest absolute Gasteiger partial charge is 0.427 e. The second kappa shape index (κ2) is 12.2. The Kier molecular flexibility index (Phi) is 8.64. The highest BCUT2D eigenvalue weighted by atomic mass is 16.5. The van der Waals surface area contributed by atoms with Crippen LogP contribution in [0.3, 0.4) is 0 Å². The van der Waals surface area contributed by atoms with E-state index in [-0.39, 0.29) is 33.5 Å². The number of rotatable bonds is 4. The van der Waals surface area contributed by atoms with E-state index in [0.29, 0.717) is 18.9 Å². The summed E-state index contributed by atoms with van der Waals surface area (Å²) in [7, 11) is 2.36. The van der Waals surface area contributed by atoms with Crippen LogP contribution in [0, 0.1) is 20.8 Å². The SMILES string of the molecule is COC(=O)N/N=C/c1c[n+]([O-])c2ccccc2[n+]1[O-].COC(=O)N/N=C/c1c[n+]([O-])c2ccccc2[n+]1[O-]. The number of hydrogen-bond acceptors (Lipinski definition) is 10. The molecule has 38 heavy (non-hydrogen) atoms. The van der Waals surface area contributed by atoms with E-state index in [1.54, 1.807) is 24.3 Å². The summed E-state index contributed by atoms with van der Waals surface area (Å²) in [6.45, 7) is 0. The number of ether oxygens (including phenoxy) is 2. The first-order valence-corrected chi connectivity index (χ1v) is 10.5. The molecule has 0 radical (unpaired) electrons. The molecule has 2 heterocycles. The molecule has 196 valence electrons. The lowest BCUT2D eigenvalue weighted by Gasteiger charge is -2.05. The first-order valence-electron chi connectivity index (χ1n) is 10.5. The molecule has 0 aliphatic rings. The van der Waals surface area contributed by atoms with Gasteiger partial charge in [-0.15, -0.1) is 0 Å². The van der Waals surface area contributed by atoms with Gasteiger partial charge in [0.15, 0.2) is 0 Å². The minimum absolute atomic E-state index is 0.00916. The summed E-state index contributed by atoms with van der Waals surface area (Å²) in [4.78, 5) is 21.5. The normalized spacial score (nSPS) is 10.8. The van der Waals surface area contributed by atoms with Crippen molar-refractivity contribution in [2.24, 2.45) is 10.2 Å². The molecule has 2 amide bonds. The summed E-state index contributed by atoms with van der Waals surface area (Å²) in [5, 5.41) is 54.3. The molecule has 2 aromatic carbocycles. The highest BCUT2D eigenvalue weighted by Gasteiger charge is 2.18. The fourth-order valence-electron chi connectivity index (χ4n) is 2.97. The number of nitrogens with zero attached hydrogens (tertiary/aromatic N) is 6. The Labute approximate surface area is 213 Å². The molecule has 0 unspecified atom stereocenters. The molecule has 16 heteroatoms. The minimum Gasteiger partial charge on any atom is -0.618 e. The number of hydrazone groups is 2. The molecule has 0 aliphatic carbocycles. The van der Waals surface area contributed by atoms with Crippen LogP contribution in [0.5, 0.6) is 0 Å². The summed E-state index contributed by atoms with van der Waals surface area (Å²) in [5.41, 5.74) is 4.93. The van der Waals surface area contributed by atoms with E-state index in [4.69, 9.17) is 0 Å². The number of nitrogens with one attached hydrogen (secondary N) is 2. The lowest BCUT2D eigenvalue weighted by atomic mass is 10.3. The fraction of sp³-hybridized carbons (Fsp3) is 0.0909. The molecule has 0 fully saturated rings. The maximum atomic E-state index is 12.0. The average molecular weight is 524 g/mol. The number of carbonyl (C=O) groups is 2. The van der Waals surface area contributed by atoms with Crippen molar-refractivity contribution in [3.8, 4) is 0 Å². The van der Waals surface area contributed by atoms with E-state index in [1.165, 1.54) is 38.5 Å². The Balaban J connectivity index is 0.000000211. The Hall–Kier alpha value is -5.80. The highest BCUT2D eigenvalue weighted by Crippen LogP contribution is 2.05. The van der Waals surface area contributed by atoms with Crippen molar-refractivity contribution in [3.05, 3.63) is 93.1 Å². The van der Waals surface area contributed by atoms with Gasteiger partial charge in [0.05, 0.1) is 14.2 Å². The lowest BCUT2D eigenvalue weighted by Crippen LogP contribution is -2.41. The zero-order valence-electron chi connectivity index (χ0n) is 19.9. The van der Waals surface area contributed by atoms with Crippen molar-refractivity contribution >= 4 is 46.7 Å². The number of fused-ring (bicyclic) bond motifs is 2. The molecule has 2 aromatic heterocycles. The second-order valence-electron chi connectivity index (χ2n) is 7.05. The van der Waals surface area contributed by atoms with E-state index < -0.39 is 12.2 Å². The molecule has 4 rings (SSSR count).